The Hall–Kier alpha value is -2.42. The number of sulfonamides is 1. The van der Waals surface area contributed by atoms with Crippen molar-refractivity contribution < 1.29 is 18.0 Å². The molecule has 0 unspecified atom stereocenters. The average Bonchev–Trinajstić information content (AvgIpc) is 2.76. The van der Waals surface area contributed by atoms with Crippen LogP contribution in [-0.2, 0) is 21.4 Å². The maximum Gasteiger partial charge on any atom is 0.251 e. The molecule has 0 bridgehead atoms. The van der Waals surface area contributed by atoms with Gasteiger partial charge >= 0.3 is 0 Å². The molecule has 0 aliphatic heterocycles. The van der Waals surface area contributed by atoms with Crippen LogP contribution in [-0.4, -0.2) is 43.7 Å². The van der Waals surface area contributed by atoms with E-state index in [0.29, 0.717) is 18.1 Å². The minimum absolute atomic E-state index is 0.0420. The molecule has 0 aromatic heterocycles. The lowest BCUT2D eigenvalue weighted by molar-refractivity contribution is -0.124. The zero-order valence-electron chi connectivity index (χ0n) is 18.8. The van der Waals surface area contributed by atoms with E-state index in [0.717, 1.165) is 5.56 Å². The predicted molar refractivity (Wildman–Crippen MR) is 126 cm³/mol. The normalized spacial score (nSPS) is 12.6. The summed E-state index contributed by atoms with van der Waals surface area (Å²) in [6, 6.07) is 12.2. The molecule has 2 amide bonds. The zero-order chi connectivity index (χ0) is 23.9. The van der Waals surface area contributed by atoms with Gasteiger partial charge in [0.15, 0.2) is 0 Å². The minimum Gasteiger partial charge on any atom is -0.350 e. The van der Waals surface area contributed by atoms with Crippen LogP contribution in [0.15, 0.2) is 53.4 Å². The first-order valence-corrected chi connectivity index (χ1v) is 12.3. The lowest BCUT2D eigenvalue weighted by Gasteiger charge is -2.22. The fourth-order valence-electron chi connectivity index (χ4n) is 3.22. The van der Waals surface area contributed by atoms with Gasteiger partial charge in [-0.05, 0) is 41.8 Å². The average molecular weight is 480 g/mol. The Morgan fingerprint density at radius 3 is 2.28 bits per heavy atom. The van der Waals surface area contributed by atoms with Crippen LogP contribution in [0.25, 0.3) is 0 Å². The molecule has 0 aliphatic rings. The molecule has 0 aliphatic carbocycles. The number of benzene rings is 2. The second kappa shape index (κ2) is 11.4. The quantitative estimate of drug-likeness (QED) is 0.545. The van der Waals surface area contributed by atoms with Gasteiger partial charge in [-0.15, -0.1) is 0 Å². The first-order chi connectivity index (χ1) is 15.1. The van der Waals surface area contributed by atoms with Crippen molar-refractivity contribution in [3.05, 3.63) is 64.7 Å². The van der Waals surface area contributed by atoms with Crippen molar-refractivity contribution in [2.45, 2.75) is 45.2 Å². The molecule has 2 N–H and O–H groups in total. The molecule has 0 heterocycles. The van der Waals surface area contributed by atoms with Crippen LogP contribution < -0.4 is 10.6 Å². The van der Waals surface area contributed by atoms with Crippen LogP contribution in [0.2, 0.25) is 5.02 Å². The first-order valence-electron chi connectivity index (χ1n) is 10.5. The molecule has 0 saturated heterocycles. The van der Waals surface area contributed by atoms with Gasteiger partial charge in [0.1, 0.15) is 6.04 Å². The number of hydrogen-bond donors (Lipinski definition) is 2. The van der Waals surface area contributed by atoms with Crippen LogP contribution in [0, 0.1) is 5.92 Å². The largest absolute Gasteiger partial charge is 0.350 e. The van der Waals surface area contributed by atoms with E-state index in [4.69, 9.17) is 11.6 Å². The molecule has 32 heavy (non-hydrogen) atoms. The Labute approximate surface area is 195 Å². The molecule has 0 fully saturated rings. The summed E-state index contributed by atoms with van der Waals surface area (Å²) < 4.78 is 26.9. The van der Waals surface area contributed by atoms with Crippen LogP contribution in [0.3, 0.4) is 0 Å². The van der Waals surface area contributed by atoms with Crippen LogP contribution >= 0.6 is 11.6 Å². The van der Waals surface area contributed by atoms with Crippen molar-refractivity contribution in [2.75, 3.05) is 13.1 Å². The monoisotopic (exact) mass is 479 g/mol. The van der Waals surface area contributed by atoms with E-state index in [2.05, 4.69) is 10.6 Å². The molecular formula is C23H30ClN3O4S. The third-order valence-corrected chi connectivity index (χ3v) is 7.31. The standard InChI is InChI=1S/C23H30ClN3O4S/c1-5-27(6-2)32(30,31)20-12-8-10-18(14-20)22(28)26-21(16(3)4)23(29)25-15-17-9-7-11-19(24)13-17/h7-14,16,21H,5-6,15H2,1-4H3,(H,25,29)(H,26,28)/t21-/m1/s1. The van der Waals surface area contributed by atoms with Crippen LogP contribution in [0.1, 0.15) is 43.6 Å². The van der Waals surface area contributed by atoms with E-state index in [1.807, 2.05) is 19.9 Å². The van der Waals surface area contributed by atoms with Crippen molar-refractivity contribution >= 4 is 33.4 Å². The van der Waals surface area contributed by atoms with Crippen molar-refractivity contribution in [2.24, 2.45) is 5.92 Å². The van der Waals surface area contributed by atoms with Gasteiger partial charge in [0.25, 0.3) is 5.91 Å². The van der Waals surface area contributed by atoms with Gasteiger partial charge in [-0.25, -0.2) is 8.42 Å². The summed E-state index contributed by atoms with van der Waals surface area (Å²) in [6.45, 7) is 8.10. The highest BCUT2D eigenvalue weighted by atomic mass is 35.5. The molecule has 1 atom stereocenters. The van der Waals surface area contributed by atoms with Crippen molar-refractivity contribution in [3.8, 4) is 0 Å². The fraction of sp³-hybridized carbons (Fsp3) is 0.391. The van der Waals surface area contributed by atoms with E-state index >= 15 is 0 Å². The summed E-state index contributed by atoms with van der Waals surface area (Å²) in [5.74, 6) is -1.03. The van der Waals surface area contributed by atoms with Gasteiger partial charge in [0, 0.05) is 30.2 Å². The smallest absolute Gasteiger partial charge is 0.251 e. The predicted octanol–water partition coefficient (Wildman–Crippen LogP) is 3.44. The molecule has 2 aromatic rings. The van der Waals surface area contributed by atoms with Gasteiger partial charge in [0.05, 0.1) is 4.90 Å². The van der Waals surface area contributed by atoms with Crippen molar-refractivity contribution in [1.29, 1.82) is 0 Å². The van der Waals surface area contributed by atoms with E-state index in [-0.39, 0.29) is 28.8 Å². The third kappa shape index (κ3) is 6.54. The number of amides is 2. The fourth-order valence-corrected chi connectivity index (χ4v) is 4.93. The summed E-state index contributed by atoms with van der Waals surface area (Å²) in [6.07, 6.45) is 0. The van der Waals surface area contributed by atoms with E-state index in [1.165, 1.54) is 28.6 Å². The number of nitrogens with zero attached hydrogens (tertiary/aromatic N) is 1. The van der Waals surface area contributed by atoms with Crippen LogP contribution in [0.4, 0.5) is 0 Å². The van der Waals surface area contributed by atoms with Gasteiger partial charge < -0.3 is 10.6 Å². The molecule has 0 spiro atoms. The van der Waals surface area contributed by atoms with Gasteiger partial charge in [-0.3, -0.25) is 9.59 Å². The SMILES string of the molecule is CCN(CC)S(=O)(=O)c1cccc(C(=O)N[C@@H](C(=O)NCc2cccc(Cl)c2)C(C)C)c1. The van der Waals surface area contributed by atoms with Gasteiger partial charge in [-0.1, -0.05) is 57.5 Å². The third-order valence-electron chi connectivity index (χ3n) is 5.03. The Morgan fingerprint density at radius 2 is 1.69 bits per heavy atom. The summed E-state index contributed by atoms with van der Waals surface area (Å²) >= 11 is 5.98. The van der Waals surface area contributed by atoms with Crippen molar-refractivity contribution in [3.63, 3.8) is 0 Å². The Balaban J connectivity index is 2.15. The molecular weight excluding hydrogens is 450 g/mol. The molecule has 174 valence electrons. The van der Waals surface area contributed by atoms with Crippen molar-refractivity contribution in [1.82, 2.24) is 14.9 Å². The number of halogens is 1. The van der Waals surface area contributed by atoms with Crippen LogP contribution in [0.5, 0.6) is 0 Å². The summed E-state index contributed by atoms with van der Waals surface area (Å²) in [5.41, 5.74) is 1.01. The molecule has 2 aromatic carbocycles. The molecule has 0 radical (unpaired) electrons. The van der Waals surface area contributed by atoms with Gasteiger partial charge in [0.2, 0.25) is 15.9 Å². The number of nitrogens with one attached hydrogen (secondary N) is 2. The Kier molecular flexibility index (Phi) is 9.24. The lowest BCUT2D eigenvalue weighted by Crippen LogP contribution is -2.49. The highest BCUT2D eigenvalue weighted by Gasteiger charge is 2.26. The van der Waals surface area contributed by atoms with Gasteiger partial charge in [-0.2, -0.15) is 4.31 Å². The minimum atomic E-state index is -3.70. The number of rotatable bonds is 10. The maximum atomic E-state index is 12.9. The maximum absolute atomic E-state index is 12.9. The number of hydrogen-bond acceptors (Lipinski definition) is 4. The second-order valence-corrected chi connectivity index (χ2v) is 10.0. The Bertz CT molecular complexity index is 1050. The lowest BCUT2D eigenvalue weighted by atomic mass is 10.0. The summed E-state index contributed by atoms with van der Waals surface area (Å²) in [4.78, 5) is 25.6. The highest BCUT2D eigenvalue weighted by Crippen LogP contribution is 2.17. The van der Waals surface area contributed by atoms with E-state index in [1.54, 1.807) is 32.0 Å². The topological polar surface area (TPSA) is 95.6 Å². The Morgan fingerprint density at radius 1 is 1.03 bits per heavy atom. The molecule has 2 rings (SSSR count). The number of carbonyl (C=O) groups is 2. The molecule has 0 saturated carbocycles. The molecule has 9 heteroatoms. The zero-order valence-corrected chi connectivity index (χ0v) is 20.3. The van der Waals surface area contributed by atoms with E-state index in [9.17, 15) is 18.0 Å². The summed E-state index contributed by atoms with van der Waals surface area (Å²) in [5, 5.41) is 6.12. The second-order valence-electron chi connectivity index (χ2n) is 7.66. The molecule has 7 nitrogen and oxygen atoms in total. The summed E-state index contributed by atoms with van der Waals surface area (Å²) in [7, 11) is -3.70. The highest BCUT2D eigenvalue weighted by molar-refractivity contribution is 7.89. The number of carbonyl (C=O) groups excluding carboxylic acids is 2. The van der Waals surface area contributed by atoms with E-state index < -0.39 is 22.0 Å². The first kappa shape index (κ1) is 25.8.